The van der Waals surface area contributed by atoms with E-state index < -0.39 is 0 Å². The largest absolute Gasteiger partial charge is 0.378 e. The molecule has 0 aliphatic heterocycles. The SMILES string of the molecule is CN(C)CCOCCNC(=O)c1ccccc1C#CCN. The van der Waals surface area contributed by atoms with Crippen LogP contribution in [0, 0.1) is 11.8 Å². The van der Waals surface area contributed by atoms with E-state index in [2.05, 4.69) is 17.2 Å². The van der Waals surface area contributed by atoms with E-state index in [-0.39, 0.29) is 12.5 Å². The van der Waals surface area contributed by atoms with Gasteiger partial charge < -0.3 is 20.7 Å². The molecule has 0 saturated heterocycles. The molecule has 21 heavy (non-hydrogen) atoms. The van der Waals surface area contributed by atoms with Crippen molar-refractivity contribution in [3.8, 4) is 11.8 Å². The van der Waals surface area contributed by atoms with Gasteiger partial charge >= 0.3 is 0 Å². The van der Waals surface area contributed by atoms with Gasteiger partial charge in [-0.1, -0.05) is 24.0 Å². The van der Waals surface area contributed by atoms with Crippen molar-refractivity contribution in [2.24, 2.45) is 5.73 Å². The molecule has 0 unspecified atom stereocenters. The first-order valence-corrected chi connectivity index (χ1v) is 6.93. The van der Waals surface area contributed by atoms with Gasteiger partial charge in [-0.05, 0) is 26.2 Å². The Kier molecular flexibility index (Phi) is 8.14. The number of likely N-dealkylation sites (N-methyl/N-ethyl adjacent to an activating group) is 1. The lowest BCUT2D eigenvalue weighted by molar-refractivity contribution is 0.0900. The maximum Gasteiger partial charge on any atom is 0.252 e. The summed E-state index contributed by atoms with van der Waals surface area (Å²) in [6.45, 7) is 2.77. The first kappa shape index (κ1) is 17.2. The second-order valence-corrected chi connectivity index (χ2v) is 4.72. The predicted octanol–water partition coefficient (Wildman–Crippen LogP) is 0.305. The molecule has 0 radical (unpaired) electrons. The monoisotopic (exact) mass is 289 g/mol. The predicted molar refractivity (Wildman–Crippen MR) is 84.1 cm³/mol. The average molecular weight is 289 g/mol. The molecule has 0 fully saturated rings. The second-order valence-electron chi connectivity index (χ2n) is 4.72. The standard InChI is InChI=1S/C16H23N3O2/c1-19(2)11-13-21-12-10-18-16(20)15-8-4-3-6-14(15)7-5-9-17/h3-4,6,8H,9-13,17H2,1-2H3,(H,18,20). The van der Waals surface area contributed by atoms with Crippen LogP contribution in [0.25, 0.3) is 0 Å². The number of nitrogens with zero attached hydrogens (tertiary/aromatic N) is 1. The third-order valence-electron chi connectivity index (χ3n) is 2.71. The summed E-state index contributed by atoms with van der Waals surface area (Å²) in [5.74, 6) is 5.52. The minimum atomic E-state index is -0.145. The van der Waals surface area contributed by atoms with Gasteiger partial charge in [-0.2, -0.15) is 0 Å². The van der Waals surface area contributed by atoms with Crippen LogP contribution < -0.4 is 11.1 Å². The van der Waals surface area contributed by atoms with Gasteiger partial charge in [-0.15, -0.1) is 0 Å². The maximum absolute atomic E-state index is 12.1. The zero-order chi connectivity index (χ0) is 15.5. The number of benzene rings is 1. The van der Waals surface area contributed by atoms with Crippen molar-refractivity contribution in [1.82, 2.24) is 10.2 Å². The number of nitrogens with two attached hydrogens (primary N) is 1. The molecule has 0 aliphatic rings. The molecule has 1 amide bonds. The highest BCUT2D eigenvalue weighted by atomic mass is 16.5. The van der Waals surface area contributed by atoms with Crippen molar-refractivity contribution in [2.75, 3.05) is 46.9 Å². The normalized spacial score (nSPS) is 10.1. The van der Waals surface area contributed by atoms with Crippen molar-refractivity contribution in [1.29, 1.82) is 0 Å². The Morgan fingerprint density at radius 3 is 2.81 bits per heavy atom. The summed E-state index contributed by atoms with van der Waals surface area (Å²) in [7, 11) is 3.98. The summed E-state index contributed by atoms with van der Waals surface area (Å²) in [5, 5.41) is 2.83. The van der Waals surface area contributed by atoms with E-state index in [4.69, 9.17) is 10.5 Å². The van der Waals surface area contributed by atoms with Gasteiger partial charge in [0.05, 0.1) is 25.3 Å². The summed E-state index contributed by atoms with van der Waals surface area (Å²) in [6.07, 6.45) is 0. The minimum Gasteiger partial charge on any atom is -0.378 e. The Balaban J connectivity index is 2.42. The Morgan fingerprint density at radius 1 is 1.33 bits per heavy atom. The molecule has 0 bridgehead atoms. The van der Waals surface area contributed by atoms with Gasteiger partial charge in [0.15, 0.2) is 0 Å². The van der Waals surface area contributed by atoms with Crippen molar-refractivity contribution in [3.05, 3.63) is 35.4 Å². The fourth-order valence-corrected chi connectivity index (χ4v) is 1.62. The Morgan fingerprint density at radius 2 is 2.10 bits per heavy atom. The third-order valence-corrected chi connectivity index (χ3v) is 2.71. The number of carbonyl (C=O) groups is 1. The van der Waals surface area contributed by atoms with Crippen LogP contribution in [0.2, 0.25) is 0 Å². The topological polar surface area (TPSA) is 67.6 Å². The number of nitrogens with one attached hydrogen (secondary N) is 1. The highest BCUT2D eigenvalue weighted by Crippen LogP contribution is 2.06. The van der Waals surface area contributed by atoms with Crippen molar-refractivity contribution < 1.29 is 9.53 Å². The van der Waals surface area contributed by atoms with Crippen LogP contribution in [-0.2, 0) is 4.74 Å². The lowest BCUT2D eigenvalue weighted by atomic mass is 10.1. The van der Waals surface area contributed by atoms with Crippen LogP contribution in [-0.4, -0.2) is 57.8 Å². The number of ether oxygens (including phenoxy) is 1. The summed E-state index contributed by atoms with van der Waals surface area (Å²) in [6, 6.07) is 7.23. The molecule has 0 aromatic heterocycles. The van der Waals surface area contributed by atoms with Crippen LogP contribution in [0.15, 0.2) is 24.3 Å². The van der Waals surface area contributed by atoms with Gasteiger partial charge in [0, 0.05) is 18.7 Å². The third kappa shape index (κ3) is 6.91. The lowest BCUT2D eigenvalue weighted by Crippen LogP contribution is -2.28. The molecule has 3 N–H and O–H groups in total. The first-order chi connectivity index (χ1) is 10.1. The van der Waals surface area contributed by atoms with Crippen LogP contribution in [0.1, 0.15) is 15.9 Å². The van der Waals surface area contributed by atoms with Crippen molar-refractivity contribution >= 4 is 5.91 Å². The van der Waals surface area contributed by atoms with Crippen LogP contribution in [0.3, 0.4) is 0 Å². The Labute approximate surface area is 126 Å². The van der Waals surface area contributed by atoms with E-state index >= 15 is 0 Å². The number of rotatable bonds is 7. The van der Waals surface area contributed by atoms with Crippen molar-refractivity contribution in [3.63, 3.8) is 0 Å². The van der Waals surface area contributed by atoms with E-state index in [1.807, 2.05) is 37.2 Å². The minimum absolute atomic E-state index is 0.145. The number of hydrogen-bond acceptors (Lipinski definition) is 4. The number of hydrogen-bond donors (Lipinski definition) is 2. The van der Waals surface area contributed by atoms with Crippen molar-refractivity contribution in [2.45, 2.75) is 0 Å². The second kappa shape index (κ2) is 9.94. The van der Waals surface area contributed by atoms with Gasteiger partial charge in [-0.25, -0.2) is 0 Å². The summed E-state index contributed by atoms with van der Waals surface area (Å²) in [5.41, 5.74) is 6.61. The molecule has 0 spiro atoms. The van der Waals surface area contributed by atoms with E-state index in [9.17, 15) is 4.79 Å². The molecular formula is C16H23N3O2. The van der Waals surface area contributed by atoms with Gasteiger partial charge in [-0.3, -0.25) is 4.79 Å². The molecule has 1 aromatic carbocycles. The number of carbonyl (C=O) groups excluding carboxylic acids is 1. The van der Waals surface area contributed by atoms with Gasteiger partial charge in [0.2, 0.25) is 0 Å². The maximum atomic E-state index is 12.1. The smallest absolute Gasteiger partial charge is 0.252 e. The highest BCUT2D eigenvalue weighted by Gasteiger charge is 2.08. The average Bonchev–Trinajstić information content (AvgIpc) is 2.48. The lowest BCUT2D eigenvalue weighted by Gasteiger charge is -2.10. The molecule has 114 valence electrons. The fraction of sp³-hybridized carbons (Fsp3) is 0.438. The molecule has 1 aromatic rings. The van der Waals surface area contributed by atoms with Crippen LogP contribution >= 0.6 is 0 Å². The molecule has 0 aliphatic carbocycles. The molecule has 0 saturated carbocycles. The molecule has 5 nitrogen and oxygen atoms in total. The Bertz CT molecular complexity index is 504. The zero-order valence-corrected chi connectivity index (χ0v) is 12.7. The number of amides is 1. The summed E-state index contributed by atoms with van der Waals surface area (Å²) in [4.78, 5) is 14.1. The fourth-order valence-electron chi connectivity index (χ4n) is 1.62. The van der Waals surface area contributed by atoms with E-state index in [0.29, 0.717) is 30.9 Å². The van der Waals surface area contributed by atoms with Crippen LogP contribution in [0.5, 0.6) is 0 Å². The molecule has 0 atom stereocenters. The summed E-state index contributed by atoms with van der Waals surface area (Å²) < 4.78 is 5.42. The molecule has 0 heterocycles. The van der Waals surface area contributed by atoms with E-state index in [1.165, 1.54) is 0 Å². The molecular weight excluding hydrogens is 266 g/mol. The quantitative estimate of drug-likeness (QED) is 0.560. The Hall–Kier alpha value is -1.87. The first-order valence-electron chi connectivity index (χ1n) is 6.93. The molecule has 1 rings (SSSR count). The van der Waals surface area contributed by atoms with E-state index in [1.54, 1.807) is 6.07 Å². The van der Waals surface area contributed by atoms with Gasteiger partial charge in [0.25, 0.3) is 5.91 Å². The highest BCUT2D eigenvalue weighted by molar-refractivity contribution is 5.96. The van der Waals surface area contributed by atoms with E-state index in [0.717, 1.165) is 6.54 Å². The van der Waals surface area contributed by atoms with Gasteiger partial charge in [0.1, 0.15) is 0 Å². The zero-order valence-electron chi connectivity index (χ0n) is 12.7. The molecule has 5 heteroatoms. The van der Waals surface area contributed by atoms with Crippen LogP contribution in [0.4, 0.5) is 0 Å². The summed E-state index contributed by atoms with van der Waals surface area (Å²) >= 11 is 0.